The summed E-state index contributed by atoms with van der Waals surface area (Å²) in [7, 11) is 3.86. The molecule has 2 spiro atoms. The molecule has 6 aromatic rings. The molecule has 0 atom stereocenters. The number of aromatic nitrogens is 4. The first-order valence-corrected chi connectivity index (χ1v) is 33.0. The smallest absolute Gasteiger partial charge is 0.229 e. The Balaban J connectivity index is 0.000000169. The van der Waals surface area contributed by atoms with Crippen molar-refractivity contribution in [3.63, 3.8) is 0 Å². The van der Waals surface area contributed by atoms with Gasteiger partial charge in [-0.25, -0.2) is 9.97 Å². The molecule has 4 aliphatic rings. The summed E-state index contributed by atoms with van der Waals surface area (Å²) < 4.78 is 25.0. The third kappa shape index (κ3) is 14.7. The molecule has 2 aliphatic carbocycles. The third-order valence-electron chi connectivity index (χ3n) is 15.6. The number of rotatable bonds is 12. The van der Waals surface area contributed by atoms with E-state index in [1.165, 1.54) is 57.6 Å². The van der Waals surface area contributed by atoms with Gasteiger partial charge in [-0.05, 0) is 189 Å². The van der Waals surface area contributed by atoms with E-state index >= 15 is 0 Å². The molecule has 21 heteroatoms. The Morgan fingerprint density at radius 2 is 0.987 bits per heavy atom. The normalized spacial score (nSPS) is 17.9. The lowest BCUT2D eigenvalue weighted by Gasteiger charge is -2.54. The molecular weight excluding hydrogens is 1110 g/mol. The minimum Gasteiger partial charge on any atom is -0.399 e. The van der Waals surface area contributed by atoms with Gasteiger partial charge in [0.15, 0.2) is 11.6 Å². The summed E-state index contributed by atoms with van der Waals surface area (Å²) >= 11 is 31.2. The lowest BCUT2D eigenvalue weighted by atomic mass is 9.60. The van der Waals surface area contributed by atoms with Crippen LogP contribution in [0.5, 0.6) is 0 Å². The Labute approximate surface area is 479 Å². The molecule has 4 heterocycles. The van der Waals surface area contributed by atoms with Crippen LogP contribution >= 0.6 is 72.3 Å². The number of halogens is 5. The highest BCUT2D eigenvalue weighted by Crippen LogP contribution is 2.53. The summed E-state index contributed by atoms with van der Waals surface area (Å²) in [5, 5.41) is 13.3. The fourth-order valence-electron chi connectivity index (χ4n) is 10.9. The van der Waals surface area contributed by atoms with Crippen molar-refractivity contribution in [2.24, 2.45) is 10.8 Å². The minimum absolute atomic E-state index is 0.0977. The molecule has 10 rings (SSSR count). The van der Waals surface area contributed by atoms with Crippen molar-refractivity contribution < 1.29 is 9.13 Å². The van der Waals surface area contributed by atoms with Gasteiger partial charge in [0.25, 0.3) is 0 Å². The molecule has 412 valence electrons. The van der Waals surface area contributed by atoms with Crippen LogP contribution in [0.1, 0.15) is 51.4 Å². The summed E-state index contributed by atoms with van der Waals surface area (Å²) in [5.74, 6) is 1.21. The summed E-state index contributed by atoms with van der Waals surface area (Å²) in [6, 6.07) is 28.2. The van der Waals surface area contributed by atoms with Crippen molar-refractivity contribution in [1.29, 1.82) is 0 Å². The van der Waals surface area contributed by atoms with Crippen molar-refractivity contribution in [3.05, 3.63) is 123 Å². The number of nitrogens with one attached hydrogen (secondary N) is 3. The van der Waals surface area contributed by atoms with Gasteiger partial charge in [-0.2, -0.15) is 9.97 Å². The average molecular weight is 1180 g/mol. The van der Waals surface area contributed by atoms with Crippen LogP contribution in [0.25, 0.3) is 0 Å². The molecular formula is C56H71Cl5N12O2P2. The van der Waals surface area contributed by atoms with E-state index in [0.717, 1.165) is 76.6 Å². The van der Waals surface area contributed by atoms with Gasteiger partial charge in [0.1, 0.15) is 24.3 Å². The summed E-state index contributed by atoms with van der Waals surface area (Å²) in [6.07, 6.45) is 13.3. The quantitative estimate of drug-likeness (QED) is 0.0520. The maximum Gasteiger partial charge on any atom is 0.229 e. The first-order valence-electron chi connectivity index (χ1n) is 25.9. The number of piperidine rings is 2. The maximum absolute atomic E-state index is 12.7. The molecule has 2 aliphatic heterocycles. The molecule has 4 fully saturated rings. The van der Waals surface area contributed by atoms with Crippen LogP contribution in [-0.4, -0.2) is 123 Å². The number of para-hydroxylation sites is 2. The van der Waals surface area contributed by atoms with Gasteiger partial charge in [-0.15, -0.1) is 0 Å². The first kappa shape index (κ1) is 58.8. The highest BCUT2D eigenvalue weighted by atomic mass is 35.5. The van der Waals surface area contributed by atoms with Crippen LogP contribution < -0.4 is 42.1 Å². The number of benzene rings is 4. The standard InChI is InChI=1S/C28H35Cl2N6OP.C16H24ClN3.C12H12Cl2N3OP/c1-35(2)20-16-28(17-20)11-13-36(14-12-28)24-10-9-19(15-21(24)29)32-27-31-18-22(30)26(34-27)33-23-7-5-6-8-25(23)38(3,4)37;1-19(2)13-10-16(11-13)5-7-20(8-6-16)15-4-3-12(18)9-14(15)17;1-19(2,18)10-6-4-3-5-9(10)16-11-8(13)7-15-12(14)17-11/h5-10,15,18,20H,11-14,16-17H2,1-4H3,(H2,31,32,33,34);3-4,9,13H,5-8,10-11,18H2,1-2H3;3-7H,1-2H3,(H,15,16,17). The first-order chi connectivity index (χ1) is 36.4. The topological polar surface area (TPSA) is 161 Å². The SMILES string of the molecule is CN(C)C1CC2(CCN(c3ccc(N)cc3Cl)CC2)C1.CN(C)C1CC2(CCN(c3ccc(Nc4ncc(Cl)c(Nc5ccccc5P(C)(C)=O)n4)cc3Cl)CC2)C1.CP(C)(=O)c1ccccc1Nc1nc(Cl)ncc1Cl. The van der Waals surface area contributed by atoms with Crippen LogP contribution in [0.15, 0.2) is 97.3 Å². The highest BCUT2D eigenvalue weighted by Gasteiger charge is 2.47. The van der Waals surface area contributed by atoms with Crippen molar-refractivity contribution in [1.82, 2.24) is 29.7 Å². The van der Waals surface area contributed by atoms with Crippen molar-refractivity contribution in [2.45, 2.75) is 63.5 Å². The van der Waals surface area contributed by atoms with Gasteiger partial charge in [0.05, 0.1) is 45.2 Å². The molecule has 2 aromatic heterocycles. The fraction of sp³-hybridized carbons (Fsp3) is 0.429. The lowest BCUT2D eigenvalue weighted by Crippen LogP contribution is -2.53. The highest BCUT2D eigenvalue weighted by molar-refractivity contribution is 7.70. The Morgan fingerprint density at radius 1 is 0.558 bits per heavy atom. The zero-order valence-corrected chi connectivity index (χ0v) is 50.7. The Hall–Kier alpha value is -4.33. The van der Waals surface area contributed by atoms with Gasteiger partial charge in [-0.3, -0.25) is 0 Å². The molecule has 0 bridgehead atoms. The second-order valence-electron chi connectivity index (χ2n) is 22.2. The van der Waals surface area contributed by atoms with Crippen LogP contribution in [0.2, 0.25) is 25.4 Å². The van der Waals surface area contributed by atoms with Gasteiger partial charge < -0.3 is 50.4 Å². The van der Waals surface area contributed by atoms with Crippen LogP contribution in [0.3, 0.4) is 0 Å². The predicted octanol–water partition coefficient (Wildman–Crippen LogP) is 13.8. The molecule has 2 saturated carbocycles. The van der Waals surface area contributed by atoms with E-state index in [1.807, 2.05) is 72.8 Å². The molecule has 2 saturated heterocycles. The molecule has 4 aromatic carbocycles. The number of nitrogens with zero attached hydrogens (tertiary/aromatic N) is 8. The Kier molecular flexibility index (Phi) is 18.8. The van der Waals surface area contributed by atoms with Gasteiger partial charge >= 0.3 is 0 Å². The monoisotopic (exact) mass is 1180 g/mol. The zero-order valence-electron chi connectivity index (χ0n) is 45.1. The molecule has 0 unspecified atom stereocenters. The summed E-state index contributed by atoms with van der Waals surface area (Å²) in [6.45, 7) is 11.2. The van der Waals surface area contributed by atoms with Gasteiger partial charge in [0, 0.05) is 60.2 Å². The average Bonchev–Trinajstić information content (AvgIpc) is 3.35. The van der Waals surface area contributed by atoms with Crippen LogP contribution in [0.4, 0.5) is 51.7 Å². The van der Waals surface area contributed by atoms with Crippen LogP contribution in [0, 0.1) is 10.8 Å². The van der Waals surface area contributed by atoms with Crippen LogP contribution in [-0.2, 0) is 9.13 Å². The van der Waals surface area contributed by atoms with E-state index in [1.54, 1.807) is 32.9 Å². The molecule has 0 amide bonds. The summed E-state index contributed by atoms with van der Waals surface area (Å²) in [5.41, 5.74) is 12.0. The van der Waals surface area contributed by atoms with E-state index in [2.05, 4.69) is 95.8 Å². The number of hydrogen-bond acceptors (Lipinski definition) is 14. The van der Waals surface area contributed by atoms with Crippen molar-refractivity contribution in [3.8, 4) is 0 Å². The molecule has 77 heavy (non-hydrogen) atoms. The van der Waals surface area contributed by atoms with E-state index in [9.17, 15) is 9.13 Å². The Morgan fingerprint density at radius 3 is 1.43 bits per heavy atom. The molecule has 5 N–H and O–H groups in total. The number of nitrogen functional groups attached to an aromatic ring is 1. The second kappa shape index (κ2) is 24.6. The lowest BCUT2D eigenvalue weighted by molar-refractivity contribution is 0.00484. The number of anilines is 9. The number of hydrogen-bond donors (Lipinski definition) is 4. The number of nitrogens with two attached hydrogens (primary N) is 1. The minimum atomic E-state index is -2.49. The summed E-state index contributed by atoms with van der Waals surface area (Å²) in [4.78, 5) is 26.2. The van der Waals surface area contributed by atoms with E-state index in [-0.39, 0.29) is 5.28 Å². The maximum atomic E-state index is 12.7. The largest absolute Gasteiger partial charge is 0.399 e. The van der Waals surface area contributed by atoms with E-state index < -0.39 is 14.3 Å². The zero-order chi connectivity index (χ0) is 55.5. The van der Waals surface area contributed by atoms with Gasteiger partial charge in [-0.1, -0.05) is 70.7 Å². The third-order valence-corrected chi connectivity index (χ3v) is 20.0. The second-order valence-corrected chi connectivity index (χ2v) is 30.6. The van der Waals surface area contributed by atoms with E-state index in [0.29, 0.717) is 54.9 Å². The fourth-order valence-corrected chi connectivity index (χ4v) is 14.3. The Bertz CT molecular complexity index is 3130. The van der Waals surface area contributed by atoms with Gasteiger partial charge in [0.2, 0.25) is 11.2 Å². The van der Waals surface area contributed by atoms with E-state index in [4.69, 9.17) is 63.7 Å². The van der Waals surface area contributed by atoms with Crippen molar-refractivity contribution >= 4 is 135 Å². The van der Waals surface area contributed by atoms with Crippen molar-refractivity contribution in [2.75, 3.05) is 113 Å². The molecule has 0 radical (unpaired) electrons. The predicted molar refractivity (Wildman–Crippen MR) is 328 cm³/mol. The molecule has 14 nitrogen and oxygen atoms in total.